The van der Waals surface area contributed by atoms with Crippen molar-refractivity contribution in [2.24, 2.45) is 5.84 Å². The first-order valence-electron chi connectivity index (χ1n) is 5.69. The van der Waals surface area contributed by atoms with Gasteiger partial charge >= 0.3 is 0 Å². The fourth-order valence-corrected chi connectivity index (χ4v) is 1.65. The van der Waals surface area contributed by atoms with Crippen molar-refractivity contribution in [3.63, 3.8) is 0 Å². The van der Waals surface area contributed by atoms with Gasteiger partial charge in [-0.1, -0.05) is 18.2 Å². The number of rotatable bonds is 5. The van der Waals surface area contributed by atoms with Gasteiger partial charge in [-0.05, 0) is 49.8 Å². The first-order chi connectivity index (χ1) is 7.63. The van der Waals surface area contributed by atoms with Gasteiger partial charge in [0.15, 0.2) is 0 Å². The molecule has 3 heteroatoms. The molecule has 0 heterocycles. The maximum Gasteiger partial charge on any atom is 0.233 e. The highest BCUT2D eigenvalue weighted by Crippen LogP contribution is 2.12. The van der Waals surface area contributed by atoms with Gasteiger partial charge in [0, 0.05) is 6.42 Å². The SMILES string of the molecule is Cc1ccc(CCCCC(=O)NN)cc1C. The molecule has 1 rings (SSSR count). The van der Waals surface area contributed by atoms with E-state index in [0.717, 1.165) is 19.3 Å². The number of hydrazine groups is 1. The van der Waals surface area contributed by atoms with Gasteiger partial charge in [-0.2, -0.15) is 0 Å². The largest absolute Gasteiger partial charge is 0.294 e. The number of carbonyl (C=O) groups excluding carboxylic acids is 1. The molecule has 0 aliphatic heterocycles. The Morgan fingerprint density at radius 2 is 2.00 bits per heavy atom. The highest BCUT2D eigenvalue weighted by Gasteiger charge is 1.99. The second kappa shape index (κ2) is 6.28. The van der Waals surface area contributed by atoms with E-state index < -0.39 is 0 Å². The second-order valence-corrected chi connectivity index (χ2v) is 4.19. The van der Waals surface area contributed by atoms with E-state index in [9.17, 15) is 4.79 Å². The minimum Gasteiger partial charge on any atom is -0.294 e. The molecule has 1 amide bonds. The molecular weight excluding hydrogens is 200 g/mol. The molecule has 0 spiro atoms. The van der Waals surface area contributed by atoms with Crippen LogP contribution in [0.5, 0.6) is 0 Å². The average molecular weight is 220 g/mol. The third-order valence-electron chi connectivity index (χ3n) is 2.85. The lowest BCUT2D eigenvalue weighted by atomic mass is 10.0. The van der Waals surface area contributed by atoms with E-state index in [1.807, 2.05) is 0 Å². The van der Waals surface area contributed by atoms with Crippen molar-refractivity contribution in [2.75, 3.05) is 0 Å². The predicted molar refractivity (Wildman–Crippen MR) is 65.8 cm³/mol. The van der Waals surface area contributed by atoms with Gasteiger partial charge in [0.05, 0.1) is 0 Å². The van der Waals surface area contributed by atoms with Gasteiger partial charge in [0.1, 0.15) is 0 Å². The van der Waals surface area contributed by atoms with Crippen LogP contribution in [-0.2, 0) is 11.2 Å². The molecular formula is C13H20N2O. The van der Waals surface area contributed by atoms with Crippen molar-refractivity contribution >= 4 is 5.91 Å². The van der Waals surface area contributed by atoms with Crippen molar-refractivity contribution in [1.29, 1.82) is 0 Å². The van der Waals surface area contributed by atoms with E-state index >= 15 is 0 Å². The van der Waals surface area contributed by atoms with Crippen LogP contribution in [-0.4, -0.2) is 5.91 Å². The van der Waals surface area contributed by atoms with Crippen molar-refractivity contribution in [3.05, 3.63) is 34.9 Å². The monoisotopic (exact) mass is 220 g/mol. The van der Waals surface area contributed by atoms with Gasteiger partial charge in [0.2, 0.25) is 5.91 Å². The Bertz CT molecular complexity index is 361. The Balaban J connectivity index is 2.32. The number of hydrogen-bond donors (Lipinski definition) is 2. The summed E-state index contributed by atoms with van der Waals surface area (Å²) in [6.07, 6.45) is 3.45. The zero-order valence-electron chi connectivity index (χ0n) is 10.0. The zero-order chi connectivity index (χ0) is 12.0. The summed E-state index contributed by atoms with van der Waals surface area (Å²) >= 11 is 0. The summed E-state index contributed by atoms with van der Waals surface area (Å²) in [6, 6.07) is 6.53. The van der Waals surface area contributed by atoms with Gasteiger partial charge in [-0.25, -0.2) is 5.84 Å². The summed E-state index contributed by atoms with van der Waals surface area (Å²) in [5, 5.41) is 0. The molecule has 0 saturated carbocycles. The summed E-state index contributed by atoms with van der Waals surface area (Å²) in [4.78, 5) is 10.9. The van der Waals surface area contributed by atoms with E-state index in [-0.39, 0.29) is 5.91 Å². The molecule has 1 aromatic carbocycles. The molecule has 0 bridgehead atoms. The molecule has 3 nitrogen and oxygen atoms in total. The van der Waals surface area contributed by atoms with E-state index in [0.29, 0.717) is 6.42 Å². The number of nitrogens with two attached hydrogens (primary N) is 1. The summed E-state index contributed by atoms with van der Waals surface area (Å²) in [5.41, 5.74) is 6.14. The second-order valence-electron chi connectivity index (χ2n) is 4.19. The maximum atomic E-state index is 10.9. The summed E-state index contributed by atoms with van der Waals surface area (Å²) in [6.45, 7) is 4.24. The lowest BCUT2D eigenvalue weighted by Gasteiger charge is -2.05. The van der Waals surface area contributed by atoms with Crippen LogP contribution in [0.1, 0.15) is 36.0 Å². The maximum absolute atomic E-state index is 10.9. The van der Waals surface area contributed by atoms with Crippen LogP contribution in [0.2, 0.25) is 0 Å². The lowest BCUT2D eigenvalue weighted by molar-refractivity contribution is -0.121. The Morgan fingerprint density at radius 1 is 1.25 bits per heavy atom. The van der Waals surface area contributed by atoms with E-state index in [1.165, 1.54) is 16.7 Å². The third kappa shape index (κ3) is 4.03. The van der Waals surface area contributed by atoms with Crippen molar-refractivity contribution in [3.8, 4) is 0 Å². The number of hydrogen-bond acceptors (Lipinski definition) is 2. The Hall–Kier alpha value is -1.35. The normalized spacial score (nSPS) is 10.2. The van der Waals surface area contributed by atoms with Gasteiger partial charge in [-0.15, -0.1) is 0 Å². The highest BCUT2D eigenvalue weighted by atomic mass is 16.2. The van der Waals surface area contributed by atoms with E-state index in [4.69, 9.17) is 5.84 Å². The van der Waals surface area contributed by atoms with Crippen LogP contribution in [0.25, 0.3) is 0 Å². The molecule has 0 unspecified atom stereocenters. The number of unbranched alkanes of at least 4 members (excludes halogenated alkanes) is 1. The minimum absolute atomic E-state index is 0.0833. The summed E-state index contributed by atoms with van der Waals surface area (Å²) in [5.74, 6) is 4.92. The Morgan fingerprint density at radius 3 is 2.62 bits per heavy atom. The number of nitrogens with one attached hydrogen (secondary N) is 1. The number of benzene rings is 1. The zero-order valence-corrected chi connectivity index (χ0v) is 10.0. The van der Waals surface area contributed by atoms with Crippen LogP contribution in [0.3, 0.4) is 0 Å². The van der Waals surface area contributed by atoms with Gasteiger partial charge in [0.25, 0.3) is 0 Å². The topological polar surface area (TPSA) is 55.1 Å². The molecule has 3 N–H and O–H groups in total. The van der Waals surface area contributed by atoms with Crippen LogP contribution < -0.4 is 11.3 Å². The predicted octanol–water partition coefficient (Wildman–Crippen LogP) is 2.01. The first-order valence-corrected chi connectivity index (χ1v) is 5.69. The first kappa shape index (κ1) is 12.7. The average Bonchev–Trinajstić information content (AvgIpc) is 2.28. The fourth-order valence-electron chi connectivity index (χ4n) is 1.65. The Labute approximate surface area is 97.0 Å². The van der Waals surface area contributed by atoms with Crippen molar-refractivity contribution < 1.29 is 4.79 Å². The quantitative estimate of drug-likeness (QED) is 0.345. The smallest absolute Gasteiger partial charge is 0.233 e. The minimum atomic E-state index is -0.0833. The standard InChI is InChI=1S/C13H20N2O/c1-10-7-8-12(9-11(10)2)5-3-4-6-13(16)15-14/h7-9H,3-6,14H2,1-2H3,(H,15,16). The number of amides is 1. The molecule has 0 aromatic heterocycles. The summed E-state index contributed by atoms with van der Waals surface area (Å²) in [7, 11) is 0. The number of carbonyl (C=O) groups is 1. The molecule has 0 aliphatic rings. The van der Waals surface area contributed by atoms with Crippen molar-refractivity contribution in [2.45, 2.75) is 39.5 Å². The van der Waals surface area contributed by atoms with Crippen LogP contribution in [0, 0.1) is 13.8 Å². The van der Waals surface area contributed by atoms with E-state index in [2.05, 4.69) is 37.5 Å². The highest BCUT2D eigenvalue weighted by molar-refractivity contribution is 5.75. The van der Waals surface area contributed by atoms with Crippen LogP contribution in [0.4, 0.5) is 0 Å². The lowest BCUT2D eigenvalue weighted by Crippen LogP contribution is -2.29. The van der Waals surface area contributed by atoms with Crippen LogP contribution in [0.15, 0.2) is 18.2 Å². The number of aryl methyl sites for hydroxylation is 3. The molecule has 0 saturated heterocycles. The van der Waals surface area contributed by atoms with Gasteiger partial charge in [-0.3, -0.25) is 10.2 Å². The molecule has 88 valence electrons. The van der Waals surface area contributed by atoms with Gasteiger partial charge < -0.3 is 0 Å². The molecule has 0 radical (unpaired) electrons. The van der Waals surface area contributed by atoms with E-state index in [1.54, 1.807) is 0 Å². The van der Waals surface area contributed by atoms with Crippen molar-refractivity contribution in [1.82, 2.24) is 5.43 Å². The molecule has 0 aliphatic carbocycles. The summed E-state index contributed by atoms with van der Waals surface area (Å²) < 4.78 is 0. The van der Waals surface area contributed by atoms with Crippen LogP contribution >= 0.6 is 0 Å². The molecule has 16 heavy (non-hydrogen) atoms. The third-order valence-corrected chi connectivity index (χ3v) is 2.85. The Kier molecular flexibility index (Phi) is 4.99. The fraction of sp³-hybridized carbons (Fsp3) is 0.462. The molecule has 1 aromatic rings. The molecule has 0 atom stereocenters. The molecule has 0 fully saturated rings.